The SMILES string of the molecule is CCc1ccccc1NC(=O)C1CNC(=O)CN1. The van der Waals surface area contributed by atoms with Crippen molar-refractivity contribution in [2.75, 3.05) is 18.4 Å². The molecule has 5 heteroatoms. The Hall–Kier alpha value is -1.88. The van der Waals surface area contributed by atoms with Crippen molar-refractivity contribution in [1.82, 2.24) is 10.6 Å². The molecule has 2 rings (SSSR count). The second-order valence-corrected chi connectivity index (χ2v) is 4.24. The fraction of sp³-hybridized carbons (Fsp3) is 0.385. The van der Waals surface area contributed by atoms with Gasteiger partial charge < -0.3 is 10.6 Å². The molecular formula is C13H17N3O2. The number of hydrogen-bond acceptors (Lipinski definition) is 3. The summed E-state index contributed by atoms with van der Waals surface area (Å²) in [6, 6.07) is 7.36. The Morgan fingerprint density at radius 1 is 1.44 bits per heavy atom. The van der Waals surface area contributed by atoms with E-state index >= 15 is 0 Å². The standard InChI is InChI=1S/C13H17N3O2/c1-2-9-5-3-4-6-10(9)16-13(18)11-7-15-12(17)8-14-11/h3-6,11,14H,2,7-8H2,1H3,(H,15,17)(H,16,18). The lowest BCUT2D eigenvalue weighted by molar-refractivity contribution is -0.124. The van der Waals surface area contributed by atoms with Gasteiger partial charge in [-0.15, -0.1) is 0 Å². The average molecular weight is 247 g/mol. The van der Waals surface area contributed by atoms with Crippen LogP contribution in [0, 0.1) is 0 Å². The Morgan fingerprint density at radius 2 is 2.22 bits per heavy atom. The zero-order valence-electron chi connectivity index (χ0n) is 10.3. The van der Waals surface area contributed by atoms with Gasteiger partial charge in [0, 0.05) is 12.2 Å². The summed E-state index contributed by atoms with van der Waals surface area (Å²) < 4.78 is 0. The monoisotopic (exact) mass is 247 g/mol. The van der Waals surface area contributed by atoms with Gasteiger partial charge >= 0.3 is 0 Å². The Balaban J connectivity index is 2.00. The summed E-state index contributed by atoms with van der Waals surface area (Å²) in [4.78, 5) is 23.0. The number of anilines is 1. The number of benzene rings is 1. The lowest BCUT2D eigenvalue weighted by Crippen LogP contribution is -2.56. The van der Waals surface area contributed by atoms with Crippen molar-refractivity contribution in [3.05, 3.63) is 29.8 Å². The zero-order valence-corrected chi connectivity index (χ0v) is 10.3. The maximum atomic E-state index is 12.0. The number of aryl methyl sites for hydroxylation is 1. The van der Waals surface area contributed by atoms with Crippen molar-refractivity contribution in [1.29, 1.82) is 0 Å². The molecule has 1 fully saturated rings. The van der Waals surface area contributed by atoms with Gasteiger partial charge in [0.1, 0.15) is 6.04 Å². The summed E-state index contributed by atoms with van der Waals surface area (Å²) in [5.41, 5.74) is 1.94. The molecule has 2 amide bonds. The third-order valence-electron chi connectivity index (χ3n) is 2.98. The summed E-state index contributed by atoms with van der Waals surface area (Å²) in [6.07, 6.45) is 0.866. The molecule has 0 saturated carbocycles. The summed E-state index contributed by atoms with van der Waals surface area (Å²) >= 11 is 0. The molecule has 0 aromatic heterocycles. The first-order valence-corrected chi connectivity index (χ1v) is 6.09. The van der Waals surface area contributed by atoms with Crippen LogP contribution in [0.5, 0.6) is 0 Å². The molecule has 1 heterocycles. The van der Waals surface area contributed by atoms with Gasteiger partial charge in [-0.1, -0.05) is 25.1 Å². The van der Waals surface area contributed by atoms with Gasteiger partial charge in [0.25, 0.3) is 0 Å². The third kappa shape index (κ3) is 2.87. The highest BCUT2D eigenvalue weighted by atomic mass is 16.2. The molecule has 1 aromatic rings. The van der Waals surface area contributed by atoms with Crippen LogP contribution in [-0.2, 0) is 16.0 Å². The van der Waals surface area contributed by atoms with Crippen LogP contribution in [0.15, 0.2) is 24.3 Å². The molecule has 1 saturated heterocycles. The summed E-state index contributed by atoms with van der Waals surface area (Å²) in [5, 5.41) is 8.46. The maximum absolute atomic E-state index is 12.0. The minimum absolute atomic E-state index is 0.0759. The Bertz CT molecular complexity index is 449. The normalized spacial score (nSPS) is 19.2. The molecule has 0 aliphatic carbocycles. The topological polar surface area (TPSA) is 70.2 Å². The lowest BCUT2D eigenvalue weighted by Gasteiger charge is -2.23. The largest absolute Gasteiger partial charge is 0.353 e. The molecule has 1 unspecified atom stereocenters. The summed E-state index contributed by atoms with van der Waals surface area (Å²) in [5.74, 6) is -0.191. The predicted octanol–water partition coefficient (Wildman–Crippen LogP) is 0.275. The maximum Gasteiger partial charge on any atom is 0.243 e. The summed E-state index contributed by atoms with van der Waals surface area (Å²) in [7, 11) is 0. The molecule has 3 N–H and O–H groups in total. The van der Waals surface area contributed by atoms with Gasteiger partial charge in [0.05, 0.1) is 6.54 Å². The van der Waals surface area contributed by atoms with E-state index in [1.165, 1.54) is 0 Å². The van der Waals surface area contributed by atoms with Crippen molar-refractivity contribution < 1.29 is 9.59 Å². The van der Waals surface area contributed by atoms with E-state index in [0.29, 0.717) is 6.54 Å². The number of hydrogen-bond donors (Lipinski definition) is 3. The molecule has 0 radical (unpaired) electrons. The highest BCUT2D eigenvalue weighted by Crippen LogP contribution is 2.15. The molecule has 18 heavy (non-hydrogen) atoms. The van der Waals surface area contributed by atoms with Gasteiger partial charge in [-0.25, -0.2) is 0 Å². The molecule has 0 spiro atoms. The third-order valence-corrected chi connectivity index (χ3v) is 2.98. The number of rotatable bonds is 3. The molecule has 1 aliphatic rings. The molecule has 96 valence electrons. The van der Waals surface area contributed by atoms with Crippen LogP contribution in [0.1, 0.15) is 12.5 Å². The van der Waals surface area contributed by atoms with Gasteiger partial charge in [-0.2, -0.15) is 0 Å². The smallest absolute Gasteiger partial charge is 0.243 e. The van der Waals surface area contributed by atoms with Crippen LogP contribution in [0.4, 0.5) is 5.69 Å². The van der Waals surface area contributed by atoms with E-state index in [4.69, 9.17) is 0 Å². The van der Waals surface area contributed by atoms with Crippen LogP contribution in [-0.4, -0.2) is 30.9 Å². The van der Waals surface area contributed by atoms with Crippen molar-refractivity contribution in [3.63, 3.8) is 0 Å². The molecule has 0 bridgehead atoms. The van der Waals surface area contributed by atoms with Crippen molar-refractivity contribution >= 4 is 17.5 Å². The van der Waals surface area contributed by atoms with E-state index in [-0.39, 0.29) is 24.4 Å². The number of carbonyl (C=O) groups excluding carboxylic acids is 2. The van der Waals surface area contributed by atoms with E-state index in [9.17, 15) is 9.59 Å². The van der Waals surface area contributed by atoms with Crippen LogP contribution in [0.2, 0.25) is 0 Å². The first-order valence-electron chi connectivity index (χ1n) is 6.09. The van der Waals surface area contributed by atoms with Crippen LogP contribution >= 0.6 is 0 Å². The molecule has 1 aliphatic heterocycles. The zero-order chi connectivity index (χ0) is 13.0. The van der Waals surface area contributed by atoms with Gasteiger partial charge in [0.2, 0.25) is 11.8 Å². The Morgan fingerprint density at radius 3 is 2.89 bits per heavy atom. The fourth-order valence-corrected chi connectivity index (χ4v) is 1.92. The van der Waals surface area contributed by atoms with Crippen LogP contribution < -0.4 is 16.0 Å². The first-order chi connectivity index (χ1) is 8.70. The molecule has 5 nitrogen and oxygen atoms in total. The highest BCUT2D eigenvalue weighted by molar-refractivity contribution is 5.97. The summed E-state index contributed by atoms with van der Waals surface area (Å²) in [6.45, 7) is 2.57. The Labute approximate surface area is 106 Å². The van der Waals surface area contributed by atoms with Gasteiger partial charge in [-0.3, -0.25) is 14.9 Å². The minimum atomic E-state index is -0.368. The van der Waals surface area contributed by atoms with E-state index in [1.54, 1.807) is 0 Å². The highest BCUT2D eigenvalue weighted by Gasteiger charge is 2.23. The number of piperazine rings is 1. The molecule has 1 atom stereocenters. The lowest BCUT2D eigenvalue weighted by atomic mass is 10.1. The van der Waals surface area contributed by atoms with Crippen LogP contribution in [0.3, 0.4) is 0 Å². The fourth-order valence-electron chi connectivity index (χ4n) is 1.92. The van der Waals surface area contributed by atoms with Gasteiger partial charge in [-0.05, 0) is 18.1 Å². The quantitative estimate of drug-likeness (QED) is 0.718. The van der Waals surface area contributed by atoms with Crippen molar-refractivity contribution in [2.45, 2.75) is 19.4 Å². The van der Waals surface area contributed by atoms with Crippen molar-refractivity contribution in [2.24, 2.45) is 0 Å². The number of amides is 2. The minimum Gasteiger partial charge on any atom is -0.353 e. The van der Waals surface area contributed by atoms with E-state index in [0.717, 1.165) is 17.7 Å². The van der Waals surface area contributed by atoms with Crippen LogP contribution in [0.25, 0.3) is 0 Å². The van der Waals surface area contributed by atoms with E-state index in [2.05, 4.69) is 16.0 Å². The number of carbonyl (C=O) groups is 2. The van der Waals surface area contributed by atoms with E-state index < -0.39 is 0 Å². The predicted molar refractivity (Wildman–Crippen MR) is 69.3 cm³/mol. The Kier molecular flexibility index (Phi) is 3.94. The van der Waals surface area contributed by atoms with Crippen molar-refractivity contribution in [3.8, 4) is 0 Å². The first kappa shape index (κ1) is 12.6. The second-order valence-electron chi connectivity index (χ2n) is 4.24. The van der Waals surface area contributed by atoms with E-state index in [1.807, 2.05) is 31.2 Å². The van der Waals surface area contributed by atoms with Gasteiger partial charge in [0.15, 0.2) is 0 Å². The second kappa shape index (κ2) is 5.64. The number of para-hydroxylation sites is 1. The molecule has 1 aromatic carbocycles. The molecular weight excluding hydrogens is 230 g/mol. The average Bonchev–Trinajstić information content (AvgIpc) is 2.40. The number of nitrogens with one attached hydrogen (secondary N) is 3.